The Kier molecular flexibility index (Phi) is 3.70. The fourth-order valence-corrected chi connectivity index (χ4v) is 2.95. The van der Waals surface area contributed by atoms with Crippen LogP contribution < -0.4 is 4.90 Å². The van der Waals surface area contributed by atoms with Crippen molar-refractivity contribution in [2.24, 2.45) is 0 Å². The van der Waals surface area contributed by atoms with Crippen LogP contribution in [-0.4, -0.2) is 42.2 Å². The zero-order valence-electron chi connectivity index (χ0n) is 10.9. The molecule has 1 fully saturated rings. The number of thiazole rings is 1. The van der Waals surface area contributed by atoms with Crippen LogP contribution in [0.25, 0.3) is 0 Å². The SMILES string of the molecule is CC(=O)c1nc(C(C)(C)O)sc1N1CCOCC1. The van der Waals surface area contributed by atoms with Gasteiger partial charge in [-0.15, -0.1) is 0 Å². The van der Waals surface area contributed by atoms with Gasteiger partial charge in [-0.25, -0.2) is 4.98 Å². The summed E-state index contributed by atoms with van der Waals surface area (Å²) in [5.41, 5.74) is -0.557. The molecule has 1 aliphatic heterocycles. The molecule has 0 spiro atoms. The van der Waals surface area contributed by atoms with E-state index in [4.69, 9.17) is 4.74 Å². The van der Waals surface area contributed by atoms with E-state index < -0.39 is 5.60 Å². The Morgan fingerprint density at radius 2 is 2.06 bits per heavy atom. The van der Waals surface area contributed by atoms with Gasteiger partial charge in [0.1, 0.15) is 21.3 Å². The van der Waals surface area contributed by atoms with Gasteiger partial charge in [-0.2, -0.15) is 0 Å². The Morgan fingerprint density at radius 1 is 1.44 bits per heavy atom. The van der Waals surface area contributed by atoms with Gasteiger partial charge >= 0.3 is 0 Å². The number of hydrogen-bond acceptors (Lipinski definition) is 6. The third kappa shape index (κ3) is 2.71. The summed E-state index contributed by atoms with van der Waals surface area (Å²) in [4.78, 5) is 18.1. The third-order valence-electron chi connectivity index (χ3n) is 2.76. The van der Waals surface area contributed by atoms with E-state index in [9.17, 15) is 9.90 Å². The van der Waals surface area contributed by atoms with E-state index in [1.807, 2.05) is 0 Å². The Bertz CT molecular complexity index is 445. The predicted molar refractivity (Wildman–Crippen MR) is 70.4 cm³/mol. The van der Waals surface area contributed by atoms with E-state index >= 15 is 0 Å². The number of morpholine rings is 1. The minimum absolute atomic E-state index is 0.0664. The highest BCUT2D eigenvalue weighted by Gasteiger charge is 2.28. The average Bonchev–Trinajstić information content (AvgIpc) is 2.74. The van der Waals surface area contributed by atoms with Crippen LogP contribution in [-0.2, 0) is 10.3 Å². The molecule has 0 atom stereocenters. The van der Waals surface area contributed by atoms with Gasteiger partial charge in [0.05, 0.1) is 13.2 Å². The predicted octanol–water partition coefficient (Wildman–Crippen LogP) is 1.41. The van der Waals surface area contributed by atoms with Crippen LogP contribution >= 0.6 is 11.3 Å². The maximum atomic E-state index is 11.7. The molecule has 1 N–H and O–H groups in total. The number of carbonyl (C=O) groups is 1. The van der Waals surface area contributed by atoms with E-state index in [0.717, 1.165) is 18.1 Å². The average molecular weight is 270 g/mol. The minimum atomic E-state index is -1.01. The van der Waals surface area contributed by atoms with Crippen LogP contribution in [0.15, 0.2) is 0 Å². The van der Waals surface area contributed by atoms with Gasteiger partial charge in [0.25, 0.3) is 0 Å². The molecule has 0 radical (unpaired) electrons. The number of aromatic nitrogens is 1. The van der Waals surface area contributed by atoms with Crippen molar-refractivity contribution in [2.75, 3.05) is 31.2 Å². The van der Waals surface area contributed by atoms with Gasteiger partial charge in [-0.05, 0) is 13.8 Å². The highest BCUT2D eigenvalue weighted by atomic mass is 32.1. The molecule has 2 rings (SSSR count). The molecule has 18 heavy (non-hydrogen) atoms. The number of hydrogen-bond donors (Lipinski definition) is 1. The number of ether oxygens (including phenoxy) is 1. The first-order valence-electron chi connectivity index (χ1n) is 5.97. The van der Waals surface area contributed by atoms with Crippen molar-refractivity contribution in [3.63, 3.8) is 0 Å². The summed E-state index contributed by atoms with van der Waals surface area (Å²) in [6.07, 6.45) is 0. The number of anilines is 1. The molecule has 1 aliphatic rings. The maximum Gasteiger partial charge on any atom is 0.181 e. The van der Waals surface area contributed by atoms with E-state index in [2.05, 4.69) is 9.88 Å². The molecule has 0 saturated carbocycles. The van der Waals surface area contributed by atoms with Crippen molar-refractivity contribution >= 4 is 22.1 Å². The third-order valence-corrected chi connectivity index (χ3v) is 4.19. The molecule has 1 aromatic rings. The van der Waals surface area contributed by atoms with Crippen molar-refractivity contribution in [3.8, 4) is 0 Å². The Hall–Kier alpha value is -0.980. The molecule has 2 heterocycles. The quantitative estimate of drug-likeness (QED) is 0.841. The van der Waals surface area contributed by atoms with Crippen LogP contribution in [0, 0.1) is 0 Å². The molecular formula is C12H18N2O3S. The molecule has 0 unspecified atom stereocenters. The van der Waals surface area contributed by atoms with Crippen molar-refractivity contribution in [2.45, 2.75) is 26.4 Å². The molecule has 1 aromatic heterocycles. The molecule has 5 nitrogen and oxygen atoms in total. The van der Waals surface area contributed by atoms with E-state index in [1.54, 1.807) is 13.8 Å². The second kappa shape index (κ2) is 4.95. The first-order valence-corrected chi connectivity index (χ1v) is 6.78. The Balaban J connectivity index is 2.38. The minimum Gasteiger partial charge on any atom is -0.383 e. The molecule has 1 saturated heterocycles. The summed E-state index contributed by atoms with van der Waals surface area (Å²) >= 11 is 1.39. The topological polar surface area (TPSA) is 62.7 Å². The van der Waals surface area contributed by atoms with Gasteiger partial charge in [-0.1, -0.05) is 11.3 Å². The molecular weight excluding hydrogens is 252 g/mol. The summed E-state index contributed by atoms with van der Waals surface area (Å²) < 4.78 is 5.30. The lowest BCUT2D eigenvalue weighted by Crippen LogP contribution is -2.36. The van der Waals surface area contributed by atoms with E-state index in [0.29, 0.717) is 23.9 Å². The second-order valence-electron chi connectivity index (χ2n) is 4.89. The lowest BCUT2D eigenvalue weighted by molar-refractivity contribution is 0.0780. The number of aliphatic hydroxyl groups is 1. The summed E-state index contributed by atoms with van der Waals surface area (Å²) in [6.45, 7) is 7.70. The fourth-order valence-electron chi connectivity index (χ4n) is 1.78. The number of Topliss-reactive ketones (excluding diaryl/α,β-unsaturated/α-hetero) is 1. The first-order chi connectivity index (χ1) is 8.39. The normalized spacial score (nSPS) is 17.0. The maximum absolute atomic E-state index is 11.7. The Labute approximate surface area is 110 Å². The van der Waals surface area contributed by atoms with E-state index in [1.165, 1.54) is 18.3 Å². The van der Waals surface area contributed by atoms with Gasteiger partial charge in [0, 0.05) is 20.0 Å². The molecule has 0 amide bonds. The van der Waals surface area contributed by atoms with Crippen LogP contribution in [0.5, 0.6) is 0 Å². The van der Waals surface area contributed by atoms with Crippen LogP contribution in [0.2, 0.25) is 0 Å². The number of rotatable bonds is 3. The second-order valence-corrected chi connectivity index (χ2v) is 5.86. The van der Waals surface area contributed by atoms with Crippen molar-refractivity contribution < 1.29 is 14.6 Å². The van der Waals surface area contributed by atoms with Crippen molar-refractivity contribution in [3.05, 3.63) is 10.7 Å². The Morgan fingerprint density at radius 3 is 2.56 bits per heavy atom. The highest BCUT2D eigenvalue weighted by molar-refractivity contribution is 7.16. The highest BCUT2D eigenvalue weighted by Crippen LogP contribution is 2.34. The fraction of sp³-hybridized carbons (Fsp3) is 0.667. The van der Waals surface area contributed by atoms with Gasteiger partial charge in [-0.3, -0.25) is 4.79 Å². The lowest BCUT2D eigenvalue weighted by atomic mass is 10.1. The zero-order chi connectivity index (χ0) is 13.3. The number of carbonyl (C=O) groups excluding carboxylic acids is 1. The molecule has 0 aromatic carbocycles. The molecule has 100 valence electrons. The van der Waals surface area contributed by atoms with Gasteiger partial charge in [0.15, 0.2) is 5.78 Å². The standard InChI is InChI=1S/C12H18N2O3S/c1-8(15)9-10(14-4-6-17-7-5-14)18-11(13-9)12(2,3)16/h16H,4-7H2,1-3H3. The molecule has 0 bridgehead atoms. The molecule has 0 aliphatic carbocycles. The lowest BCUT2D eigenvalue weighted by Gasteiger charge is -2.27. The van der Waals surface area contributed by atoms with Crippen molar-refractivity contribution in [1.82, 2.24) is 4.98 Å². The summed E-state index contributed by atoms with van der Waals surface area (Å²) in [5, 5.41) is 11.4. The zero-order valence-corrected chi connectivity index (χ0v) is 11.7. The monoisotopic (exact) mass is 270 g/mol. The smallest absolute Gasteiger partial charge is 0.181 e. The van der Waals surface area contributed by atoms with Crippen LogP contribution in [0.4, 0.5) is 5.00 Å². The largest absolute Gasteiger partial charge is 0.383 e. The van der Waals surface area contributed by atoms with Crippen molar-refractivity contribution in [1.29, 1.82) is 0 Å². The summed E-state index contributed by atoms with van der Waals surface area (Å²) in [6, 6.07) is 0. The summed E-state index contributed by atoms with van der Waals surface area (Å²) in [5.74, 6) is -0.0664. The van der Waals surface area contributed by atoms with Gasteiger partial charge in [0.2, 0.25) is 0 Å². The van der Waals surface area contributed by atoms with Gasteiger partial charge < -0.3 is 14.7 Å². The first kappa shape index (κ1) is 13.5. The molecule has 6 heteroatoms. The number of ketones is 1. The van der Waals surface area contributed by atoms with E-state index in [-0.39, 0.29) is 5.78 Å². The summed E-state index contributed by atoms with van der Waals surface area (Å²) in [7, 11) is 0. The van der Waals surface area contributed by atoms with Crippen LogP contribution in [0.1, 0.15) is 36.3 Å². The number of nitrogens with zero attached hydrogens (tertiary/aromatic N) is 2. The van der Waals surface area contributed by atoms with Crippen LogP contribution in [0.3, 0.4) is 0 Å².